The van der Waals surface area contributed by atoms with E-state index in [1.165, 1.54) is 19.2 Å². The number of pyridine rings is 1. The molecule has 3 aliphatic rings. The molecule has 1 aliphatic heterocycles. The topological polar surface area (TPSA) is 158 Å². The van der Waals surface area contributed by atoms with Crippen molar-refractivity contribution in [3.05, 3.63) is 102 Å². The molecule has 0 spiro atoms. The predicted molar refractivity (Wildman–Crippen MR) is 213 cm³/mol. The number of halogens is 3. The van der Waals surface area contributed by atoms with Crippen LogP contribution in [-0.4, -0.2) is 67.4 Å². The van der Waals surface area contributed by atoms with E-state index in [2.05, 4.69) is 42.7 Å². The first kappa shape index (κ1) is 39.8. The normalized spacial score (nSPS) is 21.8. The molecule has 2 aromatic carbocycles. The number of aromatic nitrogens is 5. The van der Waals surface area contributed by atoms with Gasteiger partial charge in [-0.1, -0.05) is 68.4 Å². The number of benzene rings is 2. The van der Waals surface area contributed by atoms with Gasteiger partial charge in [-0.3, -0.25) is 14.6 Å². The number of hydrogen-bond acceptors (Lipinski definition) is 7. The number of carbonyl (C=O) groups excluding carboxylic acids is 3. The number of alkyl halides is 3. The molecule has 2 aliphatic carbocycles. The molecular formula is C44H47F3N8O4. The predicted octanol–water partition coefficient (Wildman–Crippen LogP) is 8.04. The van der Waals surface area contributed by atoms with Gasteiger partial charge in [-0.25, -0.2) is 14.8 Å². The fourth-order valence-electron chi connectivity index (χ4n) is 9.38. The number of nitrogens with one attached hydrogen (secondary N) is 4. The highest BCUT2D eigenvalue weighted by Crippen LogP contribution is 2.56. The van der Waals surface area contributed by atoms with Crippen LogP contribution in [0.5, 0.6) is 0 Å². The second kappa shape index (κ2) is 16.3. The van der Waals surface area contributed by atoms with Crippen molar-refractivity contribution in [2.75, 3.05) is 13.7 Å². The first-order valence-corrected chi connectivity index (χ1v) is 20.1. The van der Waals surface area contributed by atoms with Crippen molar-refractivity contribution < 1.29 is 32.3 Å². The van der Waals surface area contributed by atoms with Crippen molar-refractivity contribution in [3.8, 4) is 33.6 Å². The van der Waals surface area contributed by atoms with Crippen molar-refractivity contribution in [1.29, 1.82) is 0 Å². The third-order valence-corrected chi connectivity index (χ3v) is 12.3. The zero-order chi connectivity index (χ0) is 41.4. The number of likely N-dealkylation sites (tertiary alicyclic amines) is 1. The van der Waals surface area contributed by atoms with E-state index >= 15 is 0 Å². The molecule has 3 fully saturated rings. The summed E-state index contributed by atoms with van der Waals surface area (Å²) in [4.78, 5) is 60.7. The quantitative estimate of drug-likeness (QED) is 0.105. The molecule has 2 bridgehead atoms. The minimum Gasteiger partial charge on any atom is -0.453 e. The van der Waals surface area contributed by atoms with E-state index in [0.29, 0.717) is 12.4 Å². The lowest BCUT2D eigenvalue weighted by Crippen LogP contribution is -2.51. The second-order valence-corrected chi connectivity index (χ2v) is 16.2. The Balaban J connectivity index is 0.917. The summed E-state index contributed by atoms with van der Waals surface area (Å²) >= 11 is 0. The van der Waals surface area contributed by atoms with Gasteiger partial charge in [0.25, 0.3) is 0 Å². The van der Waals surface area contributed by atoms with Crippen LogP contribution in [0, 0.1) is 23.7 Å². The van der Waals surface area contributed by atoms with Gasteiger partial charge >= 0.3 is 12.3 Å². The minimum atomic E-state index is -4.61. The van der Waals surface area contributed by atoms with Crippen LogP contribution in [0.3, 0.4) is 0 Å². The number of ether oxygens (including phenoxy) is 1. The van der Waals surface area contributed by atoms with Gasteiger partial charge in [-0.05, 0) is 78.2 Å². The van der Waals surface area contributed by atoms with Crippen LogP contribution >= 0.6 is 0 Å². The van der Waals surface area contributed by atoms with Gasteiger partial charge in [-0.15, -0.1) is 0 Å². The fourth-order valence-corrected chi connectivity index (χ4v) is 9.38. The van der Waals surface area contributed by atoms with Crippen molar-refractivity contribution in [3.63, 3.8) is 0 Å². The number of carbonyl (C=O) groups is 3. The number of methoxy groups -OCH3 is 1. The maximum Gasteiger partial charge on any atom is 0.433 e. The van der Waals surface area contributed by atoms with E-state index in [-0.39, 0.29) is 59.6 Å². The van der Waals surface area contributed by atoms with Crippen molar-refractivity contribution in [2.45, 2.75) is 76.7 Å². The molecule has 59 heavy (non-hydrogen) atoms. The largest absolute Gasteiger partial charge is 0.453 e. The van der Waals surface area contributed by atoms with E-state index in [1.807, 2.05) is 50.2 Å². The molecule has 8 rings (SSSR count). The summed E-state index contributed by atoms with van der Waals surface area (Å²) in [6, 6.07) is 18.2. The highest BCUT2D eigenvalue weighted by molar-refractivity contribution is 5.86. The van der Waals surface area contributed by atoms with Crippen molar-refractivity contribution >= 4 is 17.9 Å². The highest BCUT2D eigenvalue weighted by atomic mass is 19.4. The summed E-state index contributed by atoms with van der Waals surface area (Å²) in [5.74, 6) is 0.822. The maximum absolute atomic E-state index is 13.6. The summed E-state index contributed by atoms with van der Waals surface area (Å²) in [6.07, 6.45) is 3.83. The van der Waals surface area contributed by atoms with Crippen LogP contribution in [-0.2, 0) is 27.0 Å². The molecule has 308 valence electrons. The van der Waals surface area contributed by atoms with Gasteiger partial charge in [0, 0.05) is 30.8 Å². The zero-order valence-electron chi connectivity index (χ0n) is 33.1. The van der Waals surface area contributed by atoms with E-state index in [4.69, 9.17) is 9.72 Å². The Morgan fingerprint density at radius 3 is 2.08 bits per heavy atom. The van der Waals surface area contributed by atoms with Crippen LogP contribution in [0.25, 0.3) is 33.6 Å². The maximum atomic E-state index is 13.6. The van der Waals surface area contributed by atoms with Gasteiger partial charge in [0.1, 0.15) is 23.4 Å². The molecule has 1 saturated heterocycles. The molecule has 12 nitrogen and oxygen atoms in total. The zero-order valence-corrected chi connectivity index (χ0v) is 33.1. The number of nitrogens with zero attached hydrogens (tertiary/aromatic N) is 4. The smallest absolute Gasteiger partial charge is 0.433 e. The Morgan fingerprint density at radius 1 is 0.847 bits per heavy atom. The highest BCUT2D eigenvalue weighted by Gasteiger charge is 2.52. The Labute approximate surface area is 339 Å². The number of imidazole rings is 2. The molecule has 15 heteroatoms. The van der Waals surface area contributed by atoms with Gasteiger partial charge in [0.2, 0.25) is 11.8 Å². The summed E-state index contributed by atoms with van der Waals surface area (Å²) in [6.45, 7) is 4.11. The monoisotopic (exact) mass is 808 g/mol. The average Bonchev–Trinajstić information content (AvgIpc) is 4.10. The molecule has 2 saturated carbocycles. The molecule has 0 radical (unpaired) electrons. The van der Waals surface area contributed by atoms with Crippen LogP contribution in [0.15, 0.2) is 79.3 Å². The number of hydrogen-bond donors (Lipinski definition) is 4. The van der Waals surface area contributed by atoms with Gasteiger partial charge < -0.3 is 30.2 Å². The molecule has 5 aromatic rings. The Morgan fingerprint density at radius 2 is 1.46 bits per heavy atom. The number of aromatic amines is 2. The fraction of sp³-hybridized carbons (Fsp3) is 0.409. The third kappa shape index (κ3) is 8.06. The second-order valence-electron chi connectivity index (χ2n) is 16.2. The number of H-pyrrole nitrogens is 2. The summed E-state index contributed by atoms with van der Waals surface area (Å²) in [5, 5.41) is 5.47. The van der Waals surface area contributed by atoms with Crippen LogP contribution in [0.4, 0.5) is 18.0 Å². The van der Waals surface area contributed by atoms with Crippen LogP contribution in [0.1, 0.15) is 80.8 Å². The minimum absolute atomic E-state index is 0.0600. The van der Waals surface area contributed by atoms with E-state index in [0.717, 1.165) is 77.8 Å². The van der Waals surface area contributed by atoms with Crippen LogP contribution < -0.4 is 10.6 Å². The van der Waals surface area contributed by atoms with E-state index in [1.54, 1.807) is 17.3 Å². The van der Waals surface area contributed by atoms with Gasteiger partial charge in [0.05, 0.1) is 42.9 Å². The molecule has 2 unspecified atom stereocenters. The van der Waals surface area contributed by atoms with Crippen LogP contribution in [0.2, 0.25) is 0 Å². The van der Waals surface area contributed by atoms with Crippen molar-refractivity contribution in [1.82, 2.24) is 40.5 Å². The summed E-state index contributed by atoms with van der Waals surface area (Å²) in [7, 11) is 1.28. The third-order valence-electron chi connectivity index (χ3n) is 12.3. The van der Waals surface area contributed by atoms with Gasteiger partial charge in [0.15, 0.2) is 0 Å². The lowest BCUT2D eigenvalue weighted by molar-refractivity contribution is -0.142. The standard InChI is InChI=1S/C44H47F3N8O4/c1-24(2)37(54-43(58)59-3)42(57)55-19-5-7-34(55)39-49-22-32(52-39)27-12-8-25(9-13-27)26-10-14-28(15-11-26)33-23-50-40(53-33)35-29-16-17-30(20-29)36(35)41(56)51-21-31-6-4-18-48-38(31)44(45,46)47/h4,6,8-15,18,22-24,29-30,34-37H,5,7,16-17,19-21H2,1-3H3,(H,49,52)(H,50,53)(H,51,56)(H,54,58)/t29?,30?,34-,35-,36-,37-/m0/s1. The lowest BCUT2D eigenvalue weighted by Gasteiger charge is -2.30. The first-order chi connectivity index (χ1) is 28.4. The van der Waals surface area contributed by atoms with E-state index < -0.39 is 24.0 Å². The summed E-state index contributed by atoms with van der Waals surface area (Å²) < 4.78 is 45.3. The number of alkyl carbamates (subject to hydrolysis) is 1. The Bertz CT molecular complexity index is 2310. The molecule has 4 heterocycles. The van der Waals surface area contributed by atoms with Gasteiger partial charge in [-0.2, -0.15) is 13.2 Å². The Hall–Kier alpha value is -5.99. The molecule has 6 atom stereocenters. The lowest BCUT2D eigenvalue weighted by atomic mass is 9.78. The molecular weight excluding hydrogens is 762 g/mol. The average molecular weight is 809 g/mol. The van der Waals surface area contributed by atoms with E-state index in [9.17, 15) is 27.6 Å². The number of amides is 3. The Kier molecular flexibility index (Phi) is 11.0. The van der Waals surface area contributed by atoms with Crippen molar-refractivity contribution in [2.24, 2.45) is 23.7 Å². The molecule has 3 amide bonds. The number of fused-ring (bicyclic) bond motifs is 2. The molecule has 4 N–H and O–H groups in total. The summed E-state index contributed by atoms with van der Waals surface area (Å²) in [5.41, 5.74) is 4.56. The number of rotatable bonds is 11. The SMILES string of the molecule is COC(=O)N[C@H](C(=O)N1CCC[C@H]1c1ncc(-c2ccc(-c3ccc(-c4cnc([C@H]5C6CCC(C6)[C@@H]5C(=O)NCc5cccnc5C(F)(F)F)[nH]4)cc3)cc2)[nH]1)C(C)C. The first-order valence-electron chi connectivity index (χ1n) is 20.1. The molecule has 3 aromatic heterocycles.